The molecule has 2 N–H and O–H groups in total. The molecule has 2 heteroatoms. The third-order valence-corrected chi connectivity index (χ3v) is 1.37. The molecule has 0 spiro atoms. The summed E-state index contributed by atoms with van der Waals surface area (Å²) < 4.78 is 0. The summed E-state index contributed by atoms with van der Waals surface area (Å²) in [6.07, 6.45) is 0. The number of hydrogen-bond acceptors (Lipinski definition) is 2. The fourth-order valence-corrected chi connectivity index (χ4v) is 0.743. The van der Waals surface area contributed by atoms with Crippen molar-refractivity contribution in [3.63, 3.8) is 0 Å². The Bertz CT molecular complexity index is 150. The van der Waals surface area contributed by atoms with Gasteiger partial charge in [0.25, 0.3) is 0 Å². The summed E-state index contributed by atoms with van der Waals surface area (Å²) in [5.41, 5.74) is 0. The van der Waals surface area contributed by atoms with Crippen LogP contribution in [0.4, 0.5) is 0 Å². The summed E-state index contributed by atoms with van der Waals surface area (Å²) >= 11 is 1.25. The first-order valence-electron chi connectivity index (χ1n) is 2.26. The van der Waals surface area contributed by atoms with E-state index in [-0.39, 0.29) is 0 Å². The maximum atomic E-state index is 5.25. The molecule has 0 fully saturated rings. The lowest BCUT2D eigenvalue weighted by atomic mass is 10.4. The highest BCUT2D eigenvalue weighted by Crippen LogP contribution is 2.07. The van der Waals surface area contributed by atoms with E-state index in [9.17, 15) is 0 Å². The molecule has 0 heterocycles. The highest BCUT2D eigenvalue weighted by atomic mass is 32.2. The van der Waals surface area contributed by atoms with Crippen LogP contribution in [-0.2, 0) is 0 Å². The predicted octanol–water partition coefficient (Wildman–Crippen LogP) is 1.45. The molecule has 8 heavy (non-hydrogen) atoms. The Balaban J connectivity index is 2.83. The largest absolute Gasteiger partial charge is 0.274 e. The fourth-order valence-electron chi connectivity index (χ4n) is 0.450. The Hall–Kier alpha value is -0.470. The first-order valence-corrected chi connectivity index (χ1v) is 3.14. The zero-order valence-corrected chi connectivity index (χ0v) is 5.11. The van der Waals surface area contributed by atoms with Gasteiger partial charge in [-0.3, -0.25) is 5.14 Å². The van der Waals surface area contributed by atoms with Crippen molar-refractivity contribution in [2.24, 2.45) is 5.14 Å². The smallest absolute Gasteiger partial charge is 0.0226 e. The van der Waals surface area contributed by atoms with Gasteiger partial charge < -0.3 is 0 Å². The van der Waals surface area contributed by atoms with Crippen LogP contribution in [0.5, 0.6) is 0 Å². The molecule has 0 amide bonds. The summed E-state index contributed by atoms with van der Waals surface area (Å²) in [6.45, 7) is 0. The highest BCUT2D eigenvalue weighted by molar-refractivity contribution is 7.97. The summed E-state index contributed by atoms with van der Waals surface area (Å²) in [6, 6.07) is 10.4. The Morgan fingerprint density at radius 1 is 1.38 bits per heavy atom. The normalized spacial score (nSPS) is 9.12. The Kier molecular flexibility index (Phi) is 1.94. The van der Waals surface area contributed by atoms with Gasteiger partial charge in [0.15, 0.2) is 0 Å². The van der Waals surface area contributed by atoms with Gasteiger partial charge in [-0.15, -0.1) is 0 Å². The van der Waals surface area contributed by atoms with Crippen molar-refractivity contribution in [2.75, 3.05) is 0 Å². The van der Waals surface area contributed by atoms with Crippen molar-refractivity contribution < 1.29 is 0 Å². The standard InChI is InChI=1S/C6H6NS/c7-8-6-4-2-1-3-5-6/h2-5H,7H2. The lowest BCUT2D eigenvalue weighted by molar-refractivity contribution is 1.46. The number of rotatable bonds is 1. The summed E-state index contributed by atoms with van der Waals surface area (Å²) in [5, 5.41) is 5.25. The molecule has 0 aliphatic carbocycles. The van der Waals surface area contributed by atoms with Crippen molar-refractivity contribution >= 4 is 11.9 Å². The fraction of sp³-hybridized carbons (Fsp3) is 0. The SMILES string of the molecule is NSc1cc[c]cc1. The van der Waals surface area contributed by atoms with Gasteiger partial charge in [-0.25, -0.2) is 0 Å². The van der Waals surface area contributed by atoms with Gasteiger partial charge in [-0.05, 0) is 30.1 Å². The molecule has 1 rings (SSSR count). The van der Waals surface area contributed by atoms with Crippen LogP contribution in [0.2, 0.25) is 0 Å². The maximum Gasteiger partial charge on any atom is 0.0226 e. The minimum atomic E-state index is 1.07. The van der Waals surface area contributed by atoms with Gasteiger partial charge in [-0.2, -0.15) is 0 Å². The van der Waals surface area contributed by atoms with E-state index in [1.165, 1.54) is 11.9 Å². The molecule has 0 saturated heterocycles. The monoisotopic (exact) mass is 124 g/mol. The van der Waals surface area contributed by atoms with Gasteiger partial charge in [0, 0.05) is 4.90 Å². The van der Waals surface area contributed by atoms with Crippen LogP contribution in [0.1, 0.15) is 0 Å². The number of benzene rings is 1. The molecule has 1 radical (unpaired) electrons. The number of nitrogens with two attached hydrogens (primary N) is 1. The second-order valence-electron chi connectivity index (χ2n) is 1.35. The van der Waals surface area contributed by atoms with Gasteiger partial charge in [0.1, 0.15) is 0 Å². The summed E-state index contributed by atoms with van der Waals surface area (Å²) in [5.74, 6) is 0. The molecule has 0 aliphatic rings. The van der Waals surface area contributed by atoms with E-state index < -0.39 is 0 Å². The molecule has 0 saturated carbocycles. The average molecular weight is 124 g/mol. The minimum Gasteiger partial charge on any atom is -0.274 e. The van der Waals surface area contributed by atoms with Crippen molar-refractivity contribution in [3.8, 4) is 0 Å². The van der Waals surface area contributed by atoms with E-state index in [4.69, 9.17) is 5.14 Å². The lowest BCUT2D eigenvalue weighted by Crippen LogP contribution is -1.75. The van der Waals surface area contributed by atoms with Crippen molar-refractivity contribution in [3.05, 3.63) is 30.3 Å². The molecular weight excluding hydrogens is 118 g/mol. The number of hydrogen-bond donors (Lipinski definition) is 1. The van der Waals surface area contributed by atoms with E-state index in [0.717, 1.165) is 4.90 Å². The topological polar surface area (TPSA) is 26.0 Å². The van der Waals surface area contributed by atoms with E-state index in [0.29, 0.717) is 0 Å². The van der Waals surface area contributed by atoms with Crippen LogP contribution >= 0.6 is 11.9 Å². The van der Waals surface area contributed by atoms with Crippen LogP contribution < -0.4 is 5.14 Å². The molecule has 0 atom stereocenters. The molecule has 41 valence electrons. The van der Waals surface area contributed by atoms with Crippen LogP contribution in [0.15, 0.2) is 29.2 Å². The Morgan fingerprint density at radius 3 is 2.38 bits per heavy atom. The van der Waals surface area contributed by atoms with Crippen LogP contribution in [0.3, 0.4) is 0 Å². The van der Waals surface area contributed by atoms with Gasteiger partial charge in [-0.1, -0.05) is 12.1 Å². The van der Waals surface area contributed by atoms with Crippen LogP contribution in [0, 0.1) is 6.07 Å². The molecule has 0 bridgehead atoms. The molecule has 0 aliphatic heterocycles. The van der Waals surface area contributed by atoms with Gasteiger partial charge in [0.05, 0.1) is 0 Å². The Morgan fingerprint density at radius 2 is 2.00 bits per heavy atom. The van der Waals surface area contributed by atoms with E-state index >= 15 is 0 Å². The minimum absolute atomic E-state index is 1.07. The second-order valence-corrected chi connectivity index (χ2v) is 2.06. The molecular formula is C6H6NS. The van der Waals surface area contributed by atoms with Crippen molar-refractivity contribution in [1.82, 2.24) is 0 Å². The maximum absolute atomic E-state index is 5.25. The third-order valence-electron chi connectivity index (χ3n) is 0.824. The molecule has 0 aromatic heterocycles. The van der Waals surface area contributed by atoms with Crippen LogP contribution in [-0.4, -0.2) is 0 Å². The van der Waals surface area contributed by atoms with Crippen molar-refractivity contribution in [1.29, 1.82) is 0 Å². The molecule has 1 aromatic carbocycles. The quantitative estimate of drug-likeness (QED) is 0.573. The zero-order chi connectivity index (χ0) is 5.82. The van der Waals surface area contributed by atoms with Crippen LogP contribution in [0.25, 0.3) is 0 Å². The third kappa shape index (κ3) is 1.25. The molecule has 1 nitrogen and oxygen atoms in total. The summed E-state index contributed by atoms with van der Waals surface area (Å²) in [4.78, 5) is 1.07. The van der Waals surface area contributed by atoms with E-state index in [2.05, 4.69) is 6.07 Å². The van der Waals surface area contributed by atoms with Gasteiger partial charge in [0.2, 0.25) is 0 Å². The molecule has 1 aromatic rings. The summed E-state index contributed by atoms with van der Waals surface area (Å²) in [7, 11) is 0. The lowest BCUT2D eigenvalue weighted by Gasteiger charge is -1.88. The highest BCUT2D eigenvalue weighted by Gasteiger charge is 1.81. The van der Waals surface area contributed by atoms with E-state index in [1.807, 2.05) is 24.3 Å². The molecule has 0 unspecified atom stereocenters. The van der Waals surface area contributed by atoms with Crippen molar-refractivity contribution in [2.45, 2.75) is 4.90 Å². The zero-order valence-electron chi connectivity index (χ0n) is 4.29. The second kappa shape index (κ2) is 2.74. The van der Waals surface area contributed by atoms with E-state index in [1.54, 1.807) is 0 Å². The Labute approximate surface area is 53.0 Å². The first kappa shape index (κ1) is 5.66. The average Bonchev–Trinajstić information content (AvgIpc) is 1.90. The predicted molar refractivity (Wildman–Crippen MR) is 35.3 cm³/mol. The van der Waals surface area contributed by atoms with Gasteiger partial charge >= 0.3 is 0 Å². The first-order chi connectivity index (χ1) is 3.93.